The maximum absolute atomic E-state index is 12.5. The number of benzene rings is 3. The number of carbonyl (C=O) groups excluding carboxylic acids is 2. The highest BCUT2D eigenvalue weighted by atomic mass is 79.9. The number of nitriles is 1. The Morgan fingerprint density at radius 1 is 1.09 bits per heavy atom. The van der Waals surface area contributed by atoms with E-state index in [1.165, 1.54) is 6.21 Å². The van der Waals surface area contributed by atoms with E-state index in [0.29, 0.717) is 16.9 Å². The van der Waals surface area contributed by atoms with Crippen LogP contribution in [0.4, 0.5) is 0 Å². The topological polar surface area (TPSA) is 101 Å². The zero-order valence-corrected chi connectivity index (χ0v) is 18.8. The number of hydrogen-bond acceptors (Lipinski definition) is 6. The van der Waals surface area contributed by atoms with Gasteiger partial charge in [0.2, 0.25) is 0 Å². The number of rotatable bonds is 7. The Hall–Kier alpha value is -3.67. The lowest BCUT2D eigenvalue weighted by Gasteiger charge is -2.09. The Morgan fingerprint density at radius 3 is 2.62 bits per heavy atom. The second-order valence-electron chi connectivity index (χ2n) is 6.24. The van der Waals surface area contributed by atoms with Crippen LogP contribution in [0, 0.1) is 11.3 Å². The van der Waals surface area contributed by atoms with Crippen LogP contribution in [-0.2, 0) is 4.79 Å². The van der Waals surface area contributed by atoms with Crippen LogP contribution in [-0.4, -0.2) is 24.7 Å². The van der Waals surface area contributed by atoms with Gasteiger partial charge in [-0.15, -0.1) is 0 Å². The molecular weight excluding hydrogens is 498 g/mol. The van der Waals surface area contributed by atoms with Crippen LogP contribution >= 0.6 is 27.5 Å². The normalized spacial score (nSPS) is 10.4. The summed E-state index contributed by atoms with van der Waals surface area (Å²) in [6, 6.07) is 20.1. The fourth-order valence-electron chi connectivity index (χ4n) is 2.53. The highest BCUT2D eigenvalue weighted by molar-refractivity contribution is 9.10. The third kappa shape index (κ3) is 6.17. The van der Waals surface area contributed by atoms with E-state index in [0.717, 1.165) is 4.47 Å². The van der Waals surface area contributed by atoms with E-state index in [-0.39, 0.29) is 22.9 Å². The molecule has 1 N–H and O–H groups in total. The van der Waals surface area contributed by atoms with Crippen LogP contribution in [0.5, 0.6) is 11.5 Å². The molecule has 3 aromatic rings. The second kappa shape index (κ2) is 11.1. The molecule has 0 radical (unpaired) electrons. The number of hydrogen-bond donors (Lipinski definition) is 1. The average Bonchev–Trinajstić information content (AvgIpc) is 2.79. The van der Waals surface area contributed by atoms with Crippen LogP contribution in [0.25, 0.3) is 0 Å². The van der Waals surface area contributed by atoms with Gasteiger partial charge in [-0.1, -0.05) is 51.8 Å². The quantitative estimate of drug-likeness (QED) is 0.214. The fourth-order valence-corrected chi connectivity index (χ4v) is 3.12. The first-order valence-electron chi connectivity index (χ1n) is 9.18. The van der Waals surface area contributed by atoms with Gasteiger partial charge in [0.25, 0.3) is 5.91 Å². The second-order valence-corrected chi connectivity index (χ2v) is 7.56. The predicted molar refractivity (Wildman–Crippen MR) is 123 cm³/mol. The SMILES string of the molecule is N#Cc1ccccc1OCC(=O)N/N=C/c1cc(Br)ccc1OC(=O)c1ccccc1Cl. The first-order chi connectivity index (χ1) is 15.5. The molecule has 1 amide bonds. The van der Waals surface area contributed by atoms with E-state index >= 15 is 0 Å². The number of para-hydroxylation sites is 1. The monoisotopic (exact) mass is 511 g/mol. The maximum atomic E-state index is 12.5. The highest BCUT2D eigenvalue weighted by Gasteiger charge is 2.14. The molecule has 0 aromatic heterocycles. The van der Waals surface area contributed by atoms with Crippen molar-refractivity contribution in [2.24, 2.45) is 5.10 Å². The molecule has 0 aliphatic carbocycles. The van der Waals surface area contributed by atoms with Gasteiger partial charge < -0.3 is 9.47 Å². The minimum absolute atomic E-state index is 0.225. The average molecular weight is 513 g/mol. The van der Waals surface area contributed by atoms with E-state index in [1.54, 1.807) is 66.7 Å². The first kappa shape index (κ1) is 23.0. The van der Waals surface area contributed by atoms with Gasteiger partial charge in [-0.05, 0) is 42.5 Å². The molecule has 0 aliphatic rings. The summed E-state index contributed by atoms with van der Waals surface area (Å²) in [7, 11) is 0. The van der Waals surface area contributed by atoms with Crippen molar-refractivity contribution in [3.05, 3.63) is 92.9 Å². The molecule has 7 nitrogen and oxygen atoms in total. The van der Waals surface area contributed by atoms with Crippen molar-refractivity contribution in [3.8, 4) is 17.6 Å². The molecule has 32 heavy (non-hydrogen) atoms. The molecule has 0 atom stereocenters. The molecule has 0 saturated carbocycles. The van der Waals surface area contributed by atoms with Crippen molar-refractivity contribution in [1.29, 1.82) is 5.26 Å². The summed E-state index contributed by atoms with van der Waals surface area (Å²) in [5.41, 5.74) is 3.31. The van der Waals surface area contributed by atoms with Gasteiger partial charge in [0.15, 0.2) is 6.61 Å². The largest absolute Gasteiger partial charge is 0.482 e. The molecular formula is C23H15BrClN3O4. The Morgan fingerprint density at radius 2 is 1.84 bits per heavy atom. The summed E-state index contributed by atoms with van der Waals surface area (Å²) in [6.07, 6.45) is 1.33. The summed E-state index contributed by atoms with van der Waals surface area (Å²) in [5.74, 6) is -0.620. The van der Waals surface area contributed by atoms with E-state index in [9.17, 15) is 9.59 Å². The lowest BCUT2D eigenvalue weighted by molar-refractivity contribution is -0.123. The Bertz CT molecular complexity index is 1220. The van der Waals surface area contributed by atoms with E-state index in [1.807, 2.05) is 6.07 Å². The number of amides is 1. The zero-order chi connectivity index (χ0) is 22.9. The lowest BCUT2D eigenvalue weighted by atomic mass is 10.2. The highest BCUT2D eigenvalue weighted by Crippen LogP contribution is 2.24. The van der Waals surface area contributed by atoms with E-state index in [2.05, 4.69) is 26.5 Å². The number of nitrogens with one attached hydrogen (secondary N) is 1. The molecule has 9 heteroatoms. The van der Waals surface area contributed by atoms with Crippen molar-refractivity contribution in [3.63, 3.8) is 0 Å². The van der Waals surface area contributed by atoms with Gasteiger partial charge in [-0.2, -0.15) is 10.4 Å². The standard InChI is InChI=1S/C23H15BrClN3O4/c24-17-9-10-21(32-23(30)18-6-2-3-7-19(18)25)16(11-17)13-27-28-22(29)14-31-20-8-4-1-5-15(20)12-26/h1-11,13H,14H2,(H,28,29)/b27-13+. The summed E-state index contributed by atoms with van der Waals surface area (Å²) >= 11 is 9.40. The molecule has 0 unspecified atom stereocenters. The molecule has 0 aliphatic heterocycles. The molecule has 0 spiro atoms. The number of hydrazone groups is 1. The fraction of sp³-hybridized carbons (Fsp3) is 0.0435. The lowest BCUT2D eigenvalue weighted by Crippen LogP contribution is -2.24. The summed E-state index contributed by atoms with van der Waals surface area (Å²) < 4.78 is 11.5. The molecule has 0 bridgehead atoms. The van der Waals surface area contributed by atoms with Crippen LogP contribution in [0.15, 0.2) is 76.3 Å². The Labute approximate surface area is 197 Å². The smallest absolute Gasteiger partial charge is 0.345 e. The predicted octanol–water partition coefficient (Wildman–Crippen LogP) is 4.72. The number of carbonyl (C=O) groups is 2. The van der Waals surface area contributed by atoms with Crippen LogP contribution in [0.2, 0.25) is 5.02 Å². The number of halogens is 2. The molecule has 3 aromatic carbocycles. The summed E-state index contributed by atoms with van der Waals surface area (Å²) in [4.78, 5) is 24.5. The van der Waals surface area contributed by atoms with Gasteiger partial charge in [0.1, 0.15) is 17.6 Å². The zero-order valence-electron chi connectivity index (χ0n) is 16.4. The molecule has 160 valence electrons. The van der Waals surface area contributed by atoms with Gasteiger partial charge in [0.05, 0.1) is 22.4 Å². The Balaban J connectivity index is 1.64. The van der Waals surface area contributed by atoms with E-state index in [4.69, 9.17) is 26.3 Å². The molecule has 0 fully saturated rings. The van der Waals surface area contributed by atoms with Crippen molar-refractivity contribution in [1.82, 2.24) is 5.43 Å². The number of nitrogens with zero attached hydrogens (tertiary/aromatic N) is 2. The third-order valence-corrected chi connectivity index (χ3v) is 4.85. The minimum Gasteiger partial charge on any atom is -0.482 e. The van der Waals surface area contributed by atoms with Crippen molar-refractivity contribution in [2.45, 2.75) is 0 Å². The maximum Gasteiger partial charge on any atom is 0.345 e. The molecule has 3 rings (SSSR count). The number of ether oxygens (including phenoxy) is 2. The van der Waals surface area contributed by atoms with E-state index < -0.39 is 11.9 Å². The van der Waals surface area contributed by atoms with Gasteiger partial charge in [-0.25, -0.2) is 10.2 Å². The van der Waals surface area contributed by atoms with Crippen molar-refractivity contribution in [2.75, 3.05) is 6.61 Å². The van der Waals surface area contributed by atoms with Crippen LogP contribution in [0.1, 0.15) is 21.5 Å². The number of esters is 1. The van der Waals surface area contributed by atoms with Gasteiger partial charge in [-0.3, -0.25) is 4.79 Å². The molecule has 0 heterocycles. The van der Waals surface area contributed by atoms with Crippen molar-refractivity contribution < 1.29 is 19.1 Å². The van der Waals surface area contributed by atoms with Gasteiger partial charge >= 0.3 is 5.97 Å². The van der Waals surface area contributed by atoms with Crippen molar-refractivity contribution >= 4 is 45.6 Å². The van der Waals surface area contributed by atoms with Crippen LogP contribution < -0.4 is 14.9 Å². The first-order valence-corrected chi connectivity index (χ1v) is 10.3. The Kier molecular flexibility index (Phi) is 7.97. The van der Waals surface area contributed by atoms with Crippen LogP contribution in [0.3, 0.4) is 0 Å². The summed E-state index contributed by atoms with van der Waals surface area (Å²) in [5, 5.41) is 13.2. The van der Waals surface area contributed by atoms with Gasteiger partial charge in [0, 0.05) is 10.0 Å². The summed E-state index contributed by atoms with van der Waals surface area (Å²) in [6.45, 7) is -0.330. The molecule has 0 saturated heterocycles. The third-order valence-electron chi connectivity index (χ3n) is 4.03. The minimum atomic E-state index is -0.624.